The van der Waals surface area contributed by atoms with E-state index in [1.54, 1.807) is 19.1 Å². The van der Waals surface area contributed by atoms with Crippen molar-refractivity contribution in [1.82, 2.24) is 4.72 Å². The van der Waals surface area contributed by atoms with E-state index < -0.39 is 10.0 Å². The van der Waals surface area contributed by atoms with Gasteiger partial charge in [0.05, 0.1) is 11.5 Å². The minimum Gasteiger partial charge on any atom is -0.494 e. The van der Waals surface area contributed by atoms with Gasteiger partial charge in [-0.2, -0.15) is 0 Å². The Morgan fingerprint density at radius 1 is 1.22 bits per heavy atom. The molecule has 0 heterocycles. The van der Waals surface area contributed by atoms with Crippen LogP contribution in [0.3, 0.4) is 0 Å². The Labute approximate surface area is 139 Å². The summed E-state index contributed by atoms with van der Waals surface area (Å²) in [4.78, 5) is 0.282. The van der Waals surface area contributed by atoms with E-state index in [1.807, 2.05) is 13.8 Å². The molecule has 1 aliphatic rings. The Bertz CT molecular complexity index is 649. The summed E-state index contributed by atoms with van der Waals surface area (Å²) in [7, 11) is -3.60. The average Bonchev–Trinajstić information content (AvgIpc) is 2.98. The number of aryl methyl sites for hydroxylation is 2. The number of hydrogen-bond acceptors (Lipinski definition) is 4. The van der Waals surface area contributed by atoms with Crippen molar-refractivity contribution in [3.8, 4) is 5.75 Å². The van der Waals surface area contributed by atoms with Crippen molar-refractivity contribution in [3.63, 3.8) is 0 Å². The first-order valence-electron chi connectivity index (χ1n) is 8.18. The third-order valence-corrected chi connectivity index (χ3v) is 6.24. The van der Waals surface area contributed by atoms with Gasteiger partial charge < -0.3 is 9.84 Å². The second-order valence-electron chi connectivity index (χ2n) is 6.51. The number of benzene rings is 1. The van der Waals surface area contributed by atoms with E-state index in [0.717, 1.165) is 31.2 Å². The minimum atomic E-state index is -3.60. The first kappa shape index (κ1) is 18.2. The van der Waals surface area contributed by atoms with Gasteiger partial charge in [0, 0.05) is 18.6 Å². The highest BCUT2D eigenvalue weighted by atomic mass is 32.2. The van der Waals surface area contributed by atoms with Crippen LogP contribution in [0.15, 0.2) is 17.0 Å². The van der Waals surface area contributed by atoms with Crippen molar-refractivity contribution in [1.29, 1.82) is 0 Å². The maximum atomic E-state index is 12.7. The number of rotatable bonds is 7. The first-order chi connectivity index (χ1) is 10.8. The zero-order chi connectivity index (χ0) is 17.1. The van der Waals surface area contributed by atoms with Gasteiger partial charge in [0.2, 0.25) is 10.0 Å². The second kappa shape index (κ2) is 7.20. The van der Waals surface area contributed by atoms with Crippen LogP contribution in [0.1, 0.15) is 43.7 Å². The van der Waals surface area contributed by atoms with Gasteiger partial charge in [0.25, 0.3) is 0 Å². The molecule has 1 aliphatic carbocycles. The lowest BCUT2D eigenvalue weighted by Crippen LogP contribution is -2.38. The minimum absolute atomic E-state index is 0.0246. The van der Waals surface area contributed by atoms with Gasteiger partial charge in [-0.15, -0.1) is 0 Å². The third-order valence-electron chi connectivity index (χ3n) is 4.70. The Hall–Kier alpha value is -1.11. The Morgan fingerprint density at radius 2 is 1.87 bits per heavy atom. The largest absolute Gasteiger partial charge is 0.494 e. The van der Waals surface area contributed by atoms with Crippen LogP contribution in [0, 0.1) is 19.3 Å². The smallest absolute Gasteiger partial charge is 0.240 e. The van der Waals surface area contributed by atoms with Crippen LogP contribution in [0.4, 0.5) is 0 Å². The molecule has 0 aromatic heterocycles. The van der Waals surface area contributed by atoms with E-state index in [9.17, 15) is 13.5 Å². The molecule has 2 N–H and O–H groups in total. The van der Waals surface area contributed by atoms with Crippen LogP contribution in [0.2, 0.25) is 0 Å². The molecule has 0 atom stereocenters. The van der Waals surface area contributed by atoms with Gasteiger partial charge in [-0.3, -0.25) is 0 Å². The predicted molar refractivity (Wildman–Crippen MR) is 90.3 cm³/mol. The highest BCUT2D eigenvalue weighted by Gasteiger charge is 2.34. The van der Waals surface area contributed by atoms with Crippen LogP contribution >= 0.6 is 0 Å². The van der Waals surface area contributed by atoms with Crippen LogP contribution in [0.5, 0.6) is 5.75 Å². The molecule has 2 rings (SSSR count). The van der Waals surface area contributed by atoms with E-state index in [2.05, 4.69) is 4.72 Å². The summed E-state index contributed by atoms with van der Waals surface area (Å²) in [6, 6.07) is 3.42. The Morgan fingerprint density at radius 3 is 2.43 bits per heavy atom. The van der Waals surface area contributed by atoms with Gasteiger partial charge in [-0.1, -0.05) is 12.8 Å². The highest BCUT2D eigenvalue weighted by Crippen LogP contribution is 2.37. The fraction of sp³-hybridized carbons (Fsp3) is 0.647. The van der Waals surface area contributed by atoms with Crippen molar-refractivity contribution in [2.75, 3.05) is 19.8 Å². The fourth-order valence-electron chi connectivity index (χ4n) is 3.21. The van der Waals surface area contributed by atoms with Crippen molar-refractivity contribution in [2.24, 2.45) is 5.41 Å². The summed E-state index contributed by atoms with van der Waals surface area (Å²) < 4.78 is 33.5. The van der Waals surface area contributed by atoms with Crippen molar-refractivity contribution in [2.45, 2.75) is 51.3 Å². The highest BCUT2D eigenvalue weighted by molar-refractivity contribution is 7.89. The third kappa shape index (κ3) is 4.05. The molecule has 0 amide bonds. The van der Waals surface area contributed by atoms with Crippen molar-refractivity contribution < 1.29 is 18.3 Å². The maximum Gasteiger partial charge on any atom is 0.240 e. The fourth-order valence-corrected chi connectivity index (χ4v) is 4.67. The van der Waals surface area contributed by atoms with Gasteiger partial charge in [-0.05, 0) is 56.9 Å². The number of aliphatic hydroxyl groups is 1. The number of aliphatic hydroxyl groups excluding tert-OH is 1. The number of hydrogen-bond donors (Lipinski definition) is 2. The monoisotopic (exact) mass is 341 g/mol. The molecular formula is C17H27NO4S. The van der Waals surface area contributed by atoms with E-state index in [1.165, 1.54) is 0 Å². The van der Waals surface area contributed by atoms with Crippen LogP contribution in [-0.4, -0.2) is 33.3 Å². The summed E-state index contributed by atoms with van der Waals surface area (Å²) in [5.74, 6) is 0.714. The molecule has 0 aliphatic heterocycles. The molecule has 23 heavy (non-hydrogen) atoms. The standard InChI is InChI=1S/C17H27NO4S/c1-4-22-15-9-14(3)16(10-13(15)2)23(20,21)18-11-17(12-19)7-5-6-8-17/h9-10,18-19H,4-8,11-12H2,1-3H3. The molecule has 1 aromatic carbocycles. The quantitative estimate of drug-likeness (QED) is 0.799. The van der Waals surface area contributed by atoms with E-state index in [0.29, 0.717) is 17.9 Å². The molecule has 6 heteroatoms. The zero-order valence-corrected chi connectivity index (χ0v) is 15.0. The summed E-state index contributed by atoms with van der Waals surface area (Å²) in [5, 5.41) is 9.63. The molecule has 0 bridgehead atoms. The van der Waals surface area contributed by atoms with E-state index in [-0.39, 0.29) is 23.5 Å². The molecule has 5 nitrogen and oxygen atoms in total. The molecule has 0 unspecified atom stereocenters. The van der Waals surface area contributed by atoms with Crippen LogP contribution in [-0.2, 0) is 10.0 Å². The lowest BCUT2D eigenvalue weighted by molar-refractivity contribution is 0.134. The van der Waals surface area contributed by atoms with Gasteiger partial charge in [0.1, 0.15) is 5.75 Å². The second-order valence-corrected chi connectivity index (χ2v) is 8.24. The first-order valence-corrected chi connectivity index (χ1v) is 9.66. The molecule has 130 valence electrons. The zero-order valence-electron chi connectivity index (χ0n) is 14.2. The van der Waals surface area contributed by atoms with Crippen LogP contribution in [0.25, 0.3) is 0 Å². The van der Waals surface area contributed by atoms with Gasteiger partial charge in [0.15, 0.2) is 0 Å². The maximum absolute atomic E-state index is 12.7. The predicted octanol–water partition coefficient (Wildman–Crippen LogP) is 2.53. The van der Waals surface area contributed by atoms with E-state index >= 15 is 0 Å². The lowest BCUT2D eigenvalue weighted by atomic mass is 9.88. The number of sulfonamides is 1. The molecule has 0 radical (unpaired) electrons. The Kier molecular flexibility index (Phi) is 5.70. The summed E-state index contributed by atoms with van der Waals surface area (Å²) in [5.41, 5.74) is 1.16. The molecule has 0 saturated heterocycles. The molecule has 1 fully saturated rings. The van der Waals surface area contributed by atoms with Crippen molar-refractivity contribution >= 4 is 10.0 Å². The topological polar surface area (TPSA) is 75.6 Å². The molecular weight excluding hydrogens is 314 g/mol. The van der Waals surface area contributed by atoms with Crippen LogP contribution < -0.4 is 9.46 Å². The normalized spacial score (nSPS) is 17.4. The van der Waals surface area contributed by atoms with E-state index in [4.69, 9.17) is 4.74 Å². The van der Waals surface area contributed by atoms with Gasteiger partial charge >= 0.3 is 0 Å². The van der Waals surface area contributed by atoms with Crippen molar-refractivity contribution in [3.05, 3.63) is 23.3 Å². The molecule has 0 spiro atoms. The summed E-state index contributed by atoms with van der Waals surface area (Å²) in [6.07, 6.45) is 3.83. The Balaban J connectivity index is 2.21. The number of nitrogens with one attached hydrogen (secondary N) is 1. The number of ether oxygens (including phenoxy) is 1. The summed E-state index contributed by atoms with van der Waals surface area (Å²) >= 11 is 0. The lowest BCUT2D eigenvalue weighted by Gasteiger charge is -2.26. The molecule has 1 saturated carbocycles. The summed E-state index contributed by atoms with van der Waals surface area (Å²) in [6.45, 7) is 6.37. The van der Waals surface area contributed by atoms with Gasteiger partial charge in [-0.25, -0.2) is 13.1 Å². The molecule has 1 aromatic rings. The SMILES string of the molecule is CCOc1cc(C)c(S(=O)(=O)NCC2(CO)CCCC2)cc1C. The average molecular weight is 341 g/mol.